The van der Waals surface area contributed by atoms with Crippen molar-refractivity contribution in [3.63, 3.8) is 0 Å². The zero-order valence-electron chi connectivity index (χ0n) is 7.51. The lowest BCUT2D eigenvalue weighted by Crippen LogP contribution is -2.21. The van der Waals surface area contributed by atoms with Gasteiger partial charge in [0.2, 0.25) is 0 Å². The molecule has 72 valence electrons. The van der Waals surface area contributed by atoms with Gasteiger partial charge in [-0.25, -0.2) is 0 Å². The largest absolute Gasteiger partial charge is 0.394 e. The quantitative estimate of drug-likeness (QED) is 0.633. The maximum absolute atomic E-state index is 9.47. The molecule has 0 aliphatic carbocycles. The number of rotatable bonds is 3. The van der Waals surface area contributed by atoms with E-state index in [9.17, 15) is 5.11 Å². The summed E-state index contributed by atoms with van der Waals surface area (Å²) in [6, 6.07) is 7.17. The van der Waals surface area contributed by atoms with Crippen molar-refractivity contribution in [2.45, 2.75) is 19.1 Å². The monoisotopic (exact) mass is 182 g/mol. The SMILES string of the molecule is Cc1ccc(C(O)C(O)CO)cc1. The first-order chi connectivity index (χ1) is 6.15. The number of hydrogen-bond acceptors (Lipinski definition) is 3. The molecule has 0 amide bonds. The molecule has 13 heavy (non-hydrogen) atoms. The van der Waals surface area contributed by atoms with Gasteiger partial charge in [-0.1, -0.05) is 29.8 Å². The molecule has 0 fully saturated rings. The summed E-state index contributed by atoms with van der Waals surface area (Å²) in [6.07, 6.45) is -2.12. The highest BCUT2D eigenvalue weighted by molar-refractivity contribution is 5.23. The highest BCUT2D eigenvalue weighted by Crippen LogP contribution is 2.16. The smallest absolute Gasteiger partial charge is 0.107 e. The molecule has 1 aromatic rings. The second-order valence-corrected chi connectivity index (χ2v) is 3.11. The first-order valence-corrected chi connectivity index (χ1v) is 4.18. The van der Waals surface area contributed by atoms with E-state index in [4.69, 9.17) is 10.2 Å². The van der Waals surface area contributed by atoms with Gasteiger partial charge >= 0.3 is 0 Å². The van der Waals surface area contributed by atoms with Crippen LogP contribution in [0.3, 0.4) is 0 Å². The van der Waals surface area contributed by atoms with Crippen LogP contribution in [0.25, 0.3) is 0 Å². The molecule has 1 aromatic carbocycles. The fourth-order valence-corrected chi connectivity index (χ4v) is 1.09. The Labute approximate surface area is 77.3 Å². The molecule has 3 nitrogen and oxygen atoms in total. The molecular formula is C10H14O3. The van der Waals surface area contributed by atoms with Crippen LogP contribution >= 0.6 is 0 Å². The van der Waals surface area contributed by atoms with Crippen molar-refractivity contribution >= 4 is 0 Å². The Morgan fingerprint density at radius 3 is 2.15 bits per heavy atom. The van der Waals surface area contributed by atoms with Gasteiger partial charge < -0.3 is 15.3 Å². The number of aryl methyl sites for hydroxylation is 1. The maximum Gasteiger partial charge on any atom is 0.107 e. The van der Waals surface area contributed by atoms with E-state index in [0.29, 0.717) is 5.56 Å². The first-order valence-electron chi connectivity index (χ1n) is 4.18. The summed E-state index contributed by atoms with van der Waals surface area (Å²) in [4.78, 5) is 0. The molecule has 3 N–H and O–H groups in total. The Bertz CT molecular complexity index is 255. The van der Waals surface area contributed by atoms with Gasteiger partial charge in [0.25, 0.3) is 0 Å². The predicted molar refractivity (Wildman–Crippen MR) is 49.2 cm³/mol. The van der Waals surface area contributed by atoms with Gasteiger partial charge in [-0.2, -0.15) is 0 Å². The minimum atomic E-state index is -1.11. The molecule has 1 rings (SSSR count). The zero-order chi connectivity index (χ0) is 9.84. The van der Waals surface area contributed by atoms with Crippen molar-refractivity contribution in [1.29, 1.82) is 0 Å². The molecule has 0 aromatic heterocycles. The van der Waals surface area contributed by atoms with Crippen LogP contribution in [0.2, 0.25) is 0 Å². The summed E-state index contributed by atoms with van der Waals surface area (Å²) in [5.41, 5.74) is 1.71. The number of hydrogen-bond donors (Lipinski definition) is 3. The van der Waals surface area contributed by atoms with Gasteiger partial charge in [0, 0.05) is 0 Å². The van der Waals surface area contributed by atoms with Crippen LogP contribution in [0.4, 0.5) is 0 Å². The topological polar surface area (TPSA) is 60.7 Å². The molecule has 2 atom stereocenters. The van der Waals surface area contributed by atoms with Crippen molar-refractivity contribution in [3.05, 3.63) is 35.4 Å². The maximum atomic E-state index is 9.47. The molecular weight excluding hydrogens is 168 g/mol. The third-order valence-electron chi connectivity index (χ3n) is 1.97. The van der Waals surface area contributed by atoms with Crippen LogP contribution in [0, 0.1) is 6.92 Å². The number of aliphatic hydroxyl groups excluding tert-OH is 3. The number of benzene rings is 1. The molecule has 0 aliphatic rings. The van der Waals surface area contributed by atoms with E-state index in [0.717, 1.165) is 5.56 Å². The molecule has 0 saturated carbocycles. The van der Waals surface area contributed by atoms with Crippen LogP contribution in [-0.4, -0.2) is 28.0 Å². The predicted octanol–water partition coefficient (Wildman–Crippen LogP) is 0.382. The summed E-state index contributed by atoms with van der Waals surface area (Å²) in [5.74, 6) is 0. The van der Waals surface area contributed by atoms with Gasteiger partial charge in [-0.3, -0.25) is 0 Å². The summed E-state index contributed by atoms with van der Waals surface area (Å²) in [6.45, 7) is 1.51. The average molecular weight is 182 g/mol. The van der Waals surface area contributed by atoms with E-state index in [1.54, 1.807) is 12.1 Å². The summed E-state index contributed by atoms with van der Waals surface area (Å²) in [5, 5.41) is 27.2. The number of aliphatic hydroxyl groups is 3. The van der Waals surface area contributed by atoms with E-state index in [-0.39, 0.29) is 0 Å². The lowest BCUT2D eigenvalue weighted by Gasteiger charge is -2.15. The fourth-order valence-electron chi connectivity index (χ4n) is 1.09. The molecule has 0 radical (unpaired) electrons. The van der Waals surface area contributed by atoms with E-state index in [1.165, 1.54) is 0 Å². The third-order valence-corrected chi connectivity index (χ3v) is 1.97. The van der Waals surface area contributed by atoms with Gasteiger partial charge in [-0.15, -0.1) is 0 Å². The molecule has 0 heterocycles. The van der Waals surface area contributed by atoms with Crippen molar-refractivity contribution in [2.75, 3.05) is 6.61 Å². The minimum Gasteiger partial charge on any atom is -0.394 e. The first kappa shape index (κ1) is 10.2. The van der Waals surface area contributed by atoms with Gasteiger partial charge in [0.05, 0.1) is 6.61 Å². The van der Waals surface area contributed by atoms with Crippen molar-refractivity contribution in [1.82, 2.24) is 0 Å². The fraction of sp³-hybridized carbons (Fsp3) is 0.400. The van der Waals surface area contributed by atoms with Crippen molar-refractivity contribution in [2.24, 2.45) is 0 Å². The van der Waals surface area contributed by atoms with Crippen LogP contribution < -0.4 is 0 Å². The van der Waals surface area contributed by atoms with Crippen LogP contribution in [0.15, 0.2) is 24.3 Å². The van der Waals surface area contributed by atoms with E-state index >= 15 is 0 Å². The molecule has 0 spiro atoms. The summed E-state index contributed by atoms with van der Waals surface area (Å²) >= 11 is 0. The second kappa shape index (κ2) is 4.37. The van der Waals surface area contributed by atoms with Gasteiger partial charge in [0.1, 0.15) is 12.2 Å². The van der Waals surface area contributed by atoms with Crippen LogP contribution in [0.5, 0.6) is 0 Å². The zero-order valence-corrected chi connectivity index (χ0v) is 7.51. The molecule has 3 heteroatoms. The standard InChI is InChI=1S/C10H14O3/c1-7-2-4-8(5-3-7)10(13)9(12)6-11/h2-5,9-13H,6H2,1H3. The van der Waals surface area contributed by atoms with Gasteiger partial charge in [-0.05, 0) is 12.5 Å². The Kier molecular flexibility index (Phi) is 3.42. The van der Waals surface area contributed by atoms with Crippen LogP contribution in [-0.2, 0) is 0 Å². The molecule has 0 aliphatic heterocycles. The molecule has 2 unspecified atom stereocenters. The highest BCUT2D eigenvalue weighted by atomic mass is 16.4. The van der Waals surface area contributed by atoms with E-state index < -0.39 is 18.8 Å². The summed E-state index contributed by atoms with van der Waals surface area (Å²) in [7, 11) is 0. The van der Waals surface area contributed by atoms with E-state index in [1.807, 2.05) is 19.1 Å². The Hall–Kier alpha value is -0.900. The molecule has 0 bridgehead atoms. The second-order valence-electron chi connectivity index (χ2n) is 3.11. The van der Waals surface area contributed by atoms with Crippen molar-refractivity contribution in [3.8, 4) is 0 Å². The van der Waals surface area contributed by atoms with E-state index in [2.05, 4.69) is 0 Å². The lowest BCUT2D eigenvalue weighted by atomic mass is 10.0. The van der Waals surface area contributed by atoms with Crippen molar-refractivity contribution < 1.29 is 15.3 Å². The summed E-state index contributed by atoms with van der Waals surface area (Å²) < 4.78 is 0. The Balaban J connectivity index is 2.77. The lowest BCUT2D eigenvalue weighted by molar-refractivity contribution is -0.0152. The Morgan fingerprint density at radius 1 is 1.15 bits per heavy atom. The minimum absolute atomic E-state index is 0.435. The molecule has 0 saturated heterocycles. The highest BCUT2D eigenvalue weighted by Gasteiger charge is 2.16. The average Bonchev–Trinajstić information content (AvgIpc) is 2.17. The van der Waals surface area contributed by atoms with Gasteiger partial charge in [0.15, 0.2) is 0 Å². The Morgan fingerprint density at radius 2 is 1.69 bits per heavy atom. The normalized spacial score (nSPS) is 15.4. The third kappa shape index (κ3) is 2.52. The van der Waals surface area contributed by atoms with Crippen LogP contribution in [0.1, 0.15) is 17.2 Å².